The molecule has 0 spiro atoms. The molecule has 0 aliphatic heterocycles. The fraction of sp³-hybridized carbons (Fsp3) is 0.227. The largest absolute Gasteiger partial charge is 0.497 e. The predicted molar refractivity (Wildman–Crippen MR) is 113 cm³/mol. The van der Waals surface area contributed by atoms with Gasteiger partial charge in [-0.05, 0) is 11.5 Å². The number of rotatable bonds is 6. The fourth-order valence-corrected chi connectivity index (χ4v) is 3.29. The molecule has 0 saturated heterocycles. The lowest BCUT2D eigenvalue weighted by Gasteiger charge is -2.12. The SMILES string of the molecule is COc1cc(Nc2nc3c(-c4ccccc4C(C)C)nccn3n2)cc(OC)c1. The van der Waals surface area contributed by atoms with Gasteiger partial charge in [0.25, 0.3) is 0 Å². The highest BCUT2D eigenvalue weighted by Gasteiger charge is 2.15. The molecule has 2 heterocycles. The summed E-state index contributed by atoms with van der Waals surface area (Å²) in [4.78, 5) is 9.30. The van der Waals surface area contributed by atoms with E-state index < -0.39 is 0 Å². The minimum atomic E-state index is 0.373. The molecule has 0 saturated carbocycles. The fourth-order valence-electron chi connectivity index (χ4n) is 3.29. The van der Waals surface area contributed by atoms with Crippen molar-refractivity contribution in [3.63, 3.8) is 0 Å². The van der Waals surface area contributed by atoms with Crippen molar-refractivity contribution >= 4 is 17.3 Å². The van der Waals surface area contributed by atoms with Crippen LogP contribution in [0.5, 0.6) is 11.5 Å². The van der Waals surface area contributed by atoms with Crippen LogP contribution in [0.3, 0.4) is 0 Å². The number of fused-ring (bicyclic) bond motifs is 1. The molecule has 0 aliphatic rings. The lowest BCUT2D eigenvalue weighted by atomic mass is 9.95. The summed E-state index contributed by atoms with van der Waals surface area (Å²) in [5.41, 5.74) is 4.56. The molecule has 0 unspecified atom stereocenters. The number of nitrogens with one attached hydrogen (secondary N) is 1. The zero-order valence-electron chi connectivity index (χ0n) is 16.9. The third kappa shape index (κ3) is 3.71. The van der Waals surface area contributed by atoms with E-state index in [4.69, 9.17) is 14.5 Å². The number of methoxy groups -OCH3 is 2. The monoisotopic (exact) mass is 389 g/mol. The number of hydrogen-bond acceptors (Lipinski definition) is 6. The smallest absolute Gasteiger partial charge is 0.247 e. The van der Waals surface area contributed by atoms with Crippen LogP contribution in [-0.2, 0) is 0 Å². The number of ether oxygens (including phenoxy) is 2. The van der Waals surface area contributed by atoms with Crippen LogP contribution in [0.25, 0.3) is 16.9 Å². The van der Waals surface area contributed by atoms with Crippen molar-refractivity contribution in [2.24, 2.45) is 0 Å². The standard InChI is InChI=1S/C22H23N5O2/c1-14(2)18-7-5-6-8-19(18)20-21-25-22(26-27(21)10-9-23-20)24-15-11-16(28-3)13-17(12-15)29-4/h5-14H,1-4H3,(H,24,26). The van der Waals surface area contributed by atoms with Gasteiger partial charge in [-0.1, -0.05) is 38.1 Å². The first-order chi connectivity index (χ1) is 14.1. The summed E-state index contributed by atoms with van der Waals surface area (Å²) in [5, 5.41) is 7.78. The minimum Gasteiger partial charge on any atom is -0.497 e. The molecular formula is C22H23N5O2. The molecule has 29 heavy (non-hydrogen) atoms. The molecule has 0 bridgehead atoms. The van der Waals surface area contributed by atoms with Gasteiger partial charge >= 0.3 is 0 Å². The third-order valence-electron chi connectivity index (χ3n) is 4.70. The van der Waals surface area contributed by atoms with Crippen molar-refractivity contribution in [2.45, 2.75) is 19.8 Å². The van der Waals surface area contributed by atoms with E-state index >= 15 is 0 Å². The minimum absolute atomic E-state index is 0.373. The summed E-state index contributed by atoms with van der Waals surface area (Å²) in [5.74, 6) is 2.21. The molecule has 2 aromatic carbocycles. The quantitative estimate of drug-likeness (QED) is 0.516. The van der Waals surface area contributed by atoms with E-state index in [0.29, 0.717) is 29.0 Å². The highest BCUT2D eigenvalue weighted by molar-refractivity contribution is 5.77. The summed E-state index contributed by atoms with van der Waals surface area (Å²) >= 11 is 0. The number of hydrogen-bond donors (Lipinski definition) is 1. The van der Waals surface area contributed by atoms with Gasteiger partial charge < -0.3 is 14.8 Å². The molecule has 0 amide bonds. The number of aromatic nitrogens is 4. The van der Waals surface area contributed by atoms with E-state index in [9.17, 15) is 0 Å². The highest BCUT2D eigenvalue weighted by Crippen LogP contribution is 2.31. The zero-order chi connectivity index (χ0) is 20.4. The van der Waals surface area contributed by atoms with Crippen molar-refractivity contribution in [1.82, 2.24) is 19.6 Å². The Labute approximate surface area is 169 Å². The zero-order valence-corrected chi connectivity index (χ0v) is 16.9. The number of benzene rings is 2. The summed E-state index contributed by atoms with van der Waals surface area (Å²) in [6, 6.07) is 13.8. The Kier molecular flexibility index (Phi) is 5.03. The van der Waals surface area contributed by atoms with Crippen LogP contribution >= 0.6 is 0 Å². The molecule has 7 heteroatoms. The molecule has 148 valence electrons. The first-order valence-corrected chi connectivity index (χ1v) is 9.40. The lowest BCUT2D eigenvalue weighted by molar-refractivity contribution is 0.395. The molecule has 4 rings (SSSR count). The highest BCUT2D eigenvalue weighted by atomic mass is 16.5. The predicted octanol–water partition coefficient (Wildman–Crippen LogP) is 4.68. The van der Waals surface area contributed by atoms with Crippen LogP contribution < -0.4 is 14.8 Å². The van der Waals surface area contributed by atoms with E-state index in [0.717, 1.165) is 16.9 Å². The van der Waals surface area contributed by atoms with Crippen LogP contribution in [-0.4, -0.2) is 33.8 Å². The van der Waals surface area contributed by atoms with Gasteiger partial charge in [-0.25, -0.2) is 4.52 Å². The maximum atomic E-state index is 5.33. The second-order valence-electron chi connectivity index (χ2n) is 6.95. The van der Waals surface area contributed by atoms with Gasteiger partial charge in [-0.15, -0.1) is 5.10 Å². The third-order valence-corrected chi connectivity index (χ3v) is 4.70. The van der Waals surface area contributed by atoms with Gasteiger partial charge in [0.05, 0.1) is 14.2 Å². The van der Waals surface area contributed by atoms with Crippen LogP contribution in [0.1, 0.15) is 25.3 Å². The summed E-state index contributed by atoms with van der Waals surface area (Å²) in [6.07, 6.45) is 3.54. The Balaban J connectivity index is 1.76. The van der Waals surface area contributed by atoms with Gasteiger partial charge in [0, 0.05) is 41.8 Å². The van der Waals surface area contributed by atoms with E-state index in [-0.39, 0.29) is 0 Å². The first kappa shape index (κ1) is 18.7. The van der Waals surface area contributed by atoms with Gasteiger partial charge in [0.1, 0.15) is 17.2 Å². The van der Waals surface area contributed by atoms with E-state index in [1.165, 1.54) is 5.56 Å². The molecule has 2 aromatic heterocycles. The van der Waals surface area contributed by atoms with Crippen LogP contribution in [0.2, 0.25) is 0 Å². The Bertz CT molecular complexity index is 1130. The van der Waals surface area contributed by atoms with Crippen molar-refractivity contribution in [3.05, 3.63) is 60.4 Å². The van der Waals surface area contributed by atoms with Gasteiger partial charge in [0.15, 0.2) is 5.65 Å². The Morgan fingerprint density at radius 1 is 1.00 bits per heavy atom. The second-order valence-corrected chi connectivity index (χ2v) is 6.95. The first-order valence-electron chi connectivity index (χ1n) is 9.40. The number of anilines is 2. The van der Waals surface area contributed by atoms with E-state index in [2.05, 4.69) is 41.4 Å². The molecule has 0 atom stereocenters. The molecule has 7 nitrogen and oxygen atoms in total. The molecule has 4 aromatic rings. The molecule has 0 fully saturated rings. The summed E-state index contributed by atoms with van der Waals surface area (Å²) in [6.45, 7) is 4.35. The Morgan fingerprint density at radius 2 is 1.72 bits per heavy atom. The molecule has 1 N–H and O–H groups in total. The summed E-state index contributed by atoms with van der Waals surface area (Å²) in [7, 11) is 3.23. The molecular weight excluding hydrogens is 366 g/mol. The van der Waals surface area contributed by atoms with Gasteiger partial charge in [-0.2, -0.15) is 4.98 Å². The lowest BCUT2D eigenvalue weighted by Crippen LogP contribution is -1.97. The van der Waals surface area contributed by atoms with Crippen molar-refractivity contribution in [3.8, 4) is 22.8 Å². The summed E-state index contributed by atoms with van der Waals surface area (Å²) < 4.78 is 12.4. The van der Waals surface area contributed by atoms with Crippen molar-refractivity contribution < 1.29 is 9.47 Å². The second kappa shape index (κ2) is 7.79. The molecule has 0 aliphatic carbocycles. The van der Waals surface area contributed by atoms with Gasteiger partial charge in [-0.3, -0.25) is 4.98 Å². The van der Waals surface area contributed by atoms with Crippen molar-refractivity contribution in [2.75, 3.05) is 19.5 Å². The van der Waals surface area contributed by atoms with Gasteiger partial charge in [0.2, 0.25) is 5.95 Å². The Hall–Kier alpha value is -3.61. The van der Waals surface area contributed by atoms with Crippen molar-refractivity contribution in [1.29, 1.82) is 0 Å². The van der Waals surface area contributed by atoms with E-state index in [1.54, 1.807) is 31.1 Å². The maximum absolute atomic E-state index is 5.33. The topological polar surface area (TPSA) is 73.6 Å². The number of nitrogens with zero attached hydrogens (tertiary/aromatic N) is 4. The average molecular weight is 389 g/mol. The maximum Gasteiger partial charge on any atom is 0.247 e. The van der Waals surface area contributed by atoms with Crippen LogP contribution in [0, 0.1) is 0 Å². The van der Waals surface area contributed by atoms with Crippen LogP contribution in [0.15, 0.2) is 54.9 Å². The van der Waals surface area contributed by atoms with Crippen LogP contribution in [0.4, 0.5) is 11.6 Å². The Morgan fingerprint density at radius 3 is 2.41 bits per heavy atom. The average Bonchev–Trinajstić information content (AvgIpc) is 3.15. The molecule has 0 radical (unpaired) electrons. The van der Waals surface area contributed by atoms with E-state index in [1.807, 2.05) is 30.3 Å². The normalized spacial score (nSPS) is 11.1.